The number of rotatable bonds is 6. The highest BCUT2D eigenvalue weighted by Crippen LogP contribution is 2.25. The second-order valence-corrected chi connectivity index (χ2v) is 6.45. The lowest BCUT2D eigenvalue weighted by molar-refractivity contribution is -0.123. The number of hydrogen-bond acceptors (Lipinski definition) is 5. The average molecular weight is 345 g/mol. The molecule has 3 heterocycles. The molecule has 0 unspecified atom stereocenters. The van der Waals surface area contributed by atoms with E-state index in [4.69, 9.17) is 10.2 Å². The highest BCUT2D eigenvalue weighted by molar-refractivity contribution is 5.90. The smallest absolute Gasteiger partial charge is 0.269 e. The van der Waals surface area contributed by atoms with Gasteiger partial charge in [-0.3, -0.25) is 19.6 Å². The second-order valence-electron chi connectivity index (χ2n) is 6.45. The second kappa shape index (κ2) is 7.52. The maximum absolute atomic E-state index is 12.3. The van der Waals surface area contributed by atoms with E-state index in [9.17, 15) is 9.59 Å². The number of aromatic nitrogens is 2. The molecule has 1 aliphatic heterocycles. The zero-order valence-corrected chi connectivity index (χ0v) is 14.2. The van der Waals surface area contributed by atoms with E-state index in [1.807, 2.05) is 13.0 Å². The van der Waals surface area contributed by atoms with Gasteiger partial charge in [-0.05, 0) is 44.5 Å². The molecule has 0 spiro atoms. The van der Waals surface area contributed by atoms with Crippen LogP contribution in [0, 0.1) is 0 Å². The largest absolute Gasteiger partial charge is 0.467 e. The van der Waals surface area contributed by atoms with Gasteiger partial charge in [-0.1, -0.05) is 0 Å². The van der Waals surface area contributed by atoms with Crippen molar-refractivity contribution >= 4 is 11.8 Å². The molecule has 0 bridgehead atoms. The number of furan rings is 1. The fourth-order valence-electron chi connectivity index (χ4n) is 3.22. The summed E-state index contributed by atoms with van der Waals surface area (Å²) in [6.45, 7) is 3.84. The molecule has 2 aromatic rings. The summed E-state index contributed by atoms with van der Waals surface area (Å²) in [6, 6.07) is 5.19. The van der Waals surface area contributed by atoms with Gasteiger partial charge >= 0.3 is 0 Å². The summed E-state index contributed by atoms with van der Waals surface area (Å²) >= 11 is 0. The molecular weight excluding hydrogens is 322 g/mol. The van der Waals surface area contributed by atoms with Gasteiger partial charge in [0.1, 0.15) is 11.5 Å². The van der Waals surface area contributed by atoms with E-state index < -0.39 is 5.91 Å². The van der Waals surface area contributed by atoms with E-state index in [2.05, 4.69) is 20.4 Å². The highest BCUT2D eigenvalue weighted by atomic mass is 16.3. The number of nitrogens with two attached hydrogens (primary N) is 1. The lowest BCUT2D eigenvalue weighted by Crippen LogP contribution is -2.42. The van der Waals surface area contributed by atoms with Crippen LogP contribution in [0.4, 0.5) is 0 Å². The number of nitrogens with zero attached hydrogens (tertiary/aromatic N) is 2. The minimum absolute atomic E-state index is 0.0352. The molecule has 2 amide bonds. The van der Waals surface area contributed by atoms with Gasteiger partial charge in [-0.2, -0.15) is 5.10 Å². The molecule has 3 rings (SSSR count). The summed E-state index contributed by atoms with van der Waals surface area (Å²) in [7, 11) is 0. The third kappa shape index (κ3) is 4.27. The first-order chi connectivity index (χ1) is 12.0. The minimum Gasteiger partial charge on any atom is -0.467 e. The molecule has 0 radical (unpaired) electrons. The molecule has 2 atom stereocenters. The van der Waals surface area contributed by atoms with Crippen LogP contribution in [0.5, 0.6) is 0 Å². The molecule has 8 nitrogen and oxygen atoms in total. The summed E-state index contributed by atoms with van der Waals surface area (Å²) in [6.07, 6.45) is 3.57. The summed E-state index contributed by atoms with van der Waals surface area (Å²) in [5.41, 5.74) is 6.38. The first-order valence-electron chi connectivity index (χ1n) is 8.43. The van der Waals surface area contributed by atoms with Gasteiger partial charge in [0.25, 0.3) is 5.91 Å². The third-order valence-electron chi connectivity index (χ3n) is 4.51. The normalized spacial score (nSPS) is 19.5. The first kappa shape index (κ1) is 17.2. The van der Waals surface area contributed by atoms with Crippen LogP contribution in [0.25, 0.3) is 0 Å². The molecule has 4 N–H and O–H groups in total. The zero-order chi connectivity index (χ0) is 17.8. The number of nitrogens with one attached hydrogen (secondary N) is 2. The highest BCUT2D eigenvalue weighted by Gasteiger charge is 2.25. The van der Waals surface area contributed by atoms with Gasteiger partial charge in [0.15, 0.2) is 0 Å². The molecule has 2 aromatic heterocycles. The molecule has 1 aliphatic rings. The zero-order valence-electron chi connectivity index (χ0n) is 14.2. The Morgan fingerprint density at radius 1 is 1.56 bits per heavy atom. The number of carbonyl (C=O) groups excluding carboxylic acids is 2. The fourth-order valence-corrected chi connectivity index (χ4v) is 3.22. The topological polar surface area (TPSA) is 117 Å². The van der Waals surface area contributed by atoms with Gasteiger partial charge in [-0.25, -0.2) is 0 Å². The molecule has 134 valence electrons. The summed E-state index contributed by atoms with van der Waals surface area (Å²) in [4.78, 5) is 25.6. The number of piperidine rings is 1. The van der Waals surface area contributed by atoms with Crippen LogP contribution < -0.4 is 11.1 Å². The van der Waals surface area contributed by atoms with E-state index in [-0.39, 0.29) is 23.6 Å². The van der Waals surface area contributed by atoms with E-state index in [0.29, 0.717) is 6.54 Å². The number of carbonyl (C=O) groups is 2. The van der Waals surface area contributed by atoms with Crippen molar-refractivity contribution in [3.63, 3.8) is 0 Å². The van der Waals surface area contributed by atoms with Crippen molar-refractivity contribution in [2.75, 3.05) is 19.6 Å². The predicted molar refractivity (Wildman–Crippen MR) is 90.8 cm³/mol. The lowest BCUT2D eigenvalue weighted by Gasteiger charge is -2.31. The van der Waals surface area contributed by atoms with Crippen LogP contribution >= 0.6 is 0 Å². The lowest BCUT2D eigenvalue weighted by atomic mass is 9.94. The quantitative estimate of drug-likeness (QED) is 0.726. The van der Waals surface area contributed by atoms with Crippen molar-refractivity contribution in [2.24, 2.45) is 5.73 Å². The van der Waals surface area contributed by atoms with Gasteiger partial charge in [-0.15, -0.1) is 0 Å². The van der Waals surface area contributed by atoms with Gasteiger partial charge in [0.2, 0.25) is 5.91 Å². The summed E-state index contributed by atoms with van der Waals surface area (Å²) < 4.78 is 5.31. The van der Waals surface area contributed by atoms with Crippen molar-refractivity contribution in [2.45, 2.75) is 31.7 Å². The Morgan fingerprint density at radius 2 is 2.40 bits per heavy atom. The molecular formula is C17H23N5O3. The van der Waals surface area contributed by atoms with Gasteiger partial charge in [0, 0.05) is 18.2 Å². The van der Waals surface area contributed by atoms with Crippen molar-refractivity contribution in [3.05, 3.63) is 41.6 Å². The Bertz CT molecular complexity index is 724. The molecule has 1 fully saturated rings. The fraction of sp³-hybridized carbons (Fsp3) is 0.471. The first-order valence-corrected chi connectivity index (χ1v) is 8.43. The molecule has 0 aliphatic carbocycles. The Morgan fingerprint density at radius 3 is 3.08 bits per heavy atom. The number of hydrogen-bond donors (Lipinski definition) is 3. The standard InChI is InChI=1S/C17H23N5O3/c1-11(15-5-3-7-25-15)19-16(23)10-22-6-2-4-12(9-22)13-8-14(17(18)24)21-20-13/h3,5,7-8,11-12H,2,4,6,9-10H2,1H3,(H2,18,24)(H,19,23)(H,20,21)/t11-,12-/m0/s1. The van der Waals surface area contributed by atoms with E-state index >= 15 is 0 Å². The third-order valence-corrected chi connectivity index (χ3v) is 4.51. The molecule has 1 saturated heterocycles. The van der Waals surface area contributed by atoms with Gasteiger partial charge < -0.3 is 15.5 Å². The van der Waals surface area contributed by atoms with E-state index in [1.54, 1.807) is 18.4 Å². The van der Waals surface area contributed by atoms with Crippen LogP contribution in [-0.4, -0.2) is 46.5 Å². The summed E-state index contributed by atoms with van der Waals surface area (Å²) in [5, 5.41) is 9.78. The number of aromatic amines is 1. The van der Waals surface area contributed by atoms with Crippen LogP contribution in [0.1, 0.15) is 53.7 Å². The Kier molecular flexibility index (Phi) is 5.18. The van der Waals surface area contributed by atoms with Crippen LogP contribution in [0.2, 0.25) is 0 Å². The monoisotopic (exact) mass is 345 g/mol. The molecule has 0 saturated carbocycles. The Balaban J connectivity index is 1.54. The van der Waals surface area contributed by atoms with Crippen LogP contribution in [0.15, 0.2) is 28.9 Å². The van der Waals surface area contributed by atoms with E-state index in [1.165, 1.54) is 0 Å². The number of primary amides is 1. The van der Waals surface area contributed by atoms with Crippen molar-refractivity contribution in [1.82, 2.24) is 20.4 Å². The Hall–Kier alpha value is -2.61. The maximum atomic E-state index is 12.3. The minimum atomic E-state index is -0.540. The Labute approximate surface area is 145 Å². The summed E-state index contributed by atoms with van der Waals surface area (Å²) in [5.74, 6) is 0.374. The number of H-pyrrole nitrogens is 1. The van der Waals surface area contributed by atoms with Crippen molar-refractivity contribution < 1.29 is 14.0 Å². The predicted octanol–water partition coefficient (Wildman–Crippen LogP) is 1.16. The van der Waals surface area contributed by atoms with E-state index in [0.717, 1.165) is 37.4 Å². The van der Waals surface area contributed by atoms with Crippen molar-refractivity contribution in [1.29, 1.82) is 0 Å². The van der Waals surface area contributed by atoms with Crippen molar-refractivity contribution in [3.8, 4) is 0 Å². The van der Waals surface area contributed by atoms with Crippen LogP contribution in [0.3, 0.4) is 0 Å². The SMILES string of the molecule is C[C@H](NC(=O)CN1CCC[C@H](c2cc(C(N)=O)n[nH]2)C1)c1ccco1. The number of amides is 2. The van der Waals surface area contributed by atoms with Gasteiger partial charge in [0.05, 0.1) is 18.8 Å². The number of likely N-dealkylation sites (tertiary alicyclic amines) is 1. The molecule has 8 heteroatoms. The average Bonchev–Trinajstić information content (AvgIpc) is 3.27. The van der Waals surface area contributed by atoms with Crippen LogP contribution in [-0.2, 0) is 4.79 Å². The maximum Gasteiger partial charge on any atom is 0.269 e. The molecule has 0 aromatic carbocycles. The molecule has 25 heavy (non-hydrogen) atoms.